The molecule has 8 heteroatoms. The van der Waals surface area contributed by atoms with E-state index in [0.29, 0.717) is 16.7 Å². The molecule has 3 aromatic rings. The summed E-state index contributed by atoms with van der Waals surface area (Å²) < 4.78 is 32.3. The number of hydrogen-bond donors (Lipinski definition) is 1. The number of carbonyl (C=O) groups excluding carboxylic acids is 2. The van der Waals surface area contributed by atoms with Crippen LogP contribution in [0.5, 0.6) is 0 Å². The molecule has 174 valence electrons. The minimum absolute atomic E-state index is 0.0981. The predicted octanol–water partition coefficient (Wildman–Crippen LogP) is 5.45. The van der Waals surface area contributed by atoms with Crippen molar-refractivity contribution in [2.24, 2.45) is 0 Å². The summed E-state index contributed by atoms with van der Waals surface area (Å²) in [5, 5.41) is 9.68. The Kier molecular flexibility index (Phi) is 6.40. The van der Waals surface area contributed by atoms with Crippen LogP contribution in [0.15, 0.2) is 54.6 Å². The van der Waals surface area contributed by atoms with Crippen molar-refractivity contribution >= 4 is 23.5 Å². The van der Waals surface area contributed by atoms with Gasteiger partial charge in [-0.1, -0.05) is 31.5 Å². The molecule has 3 aromatic carbocycles. The monoisotopic (exact) mass is 465 g/mol. The number of fused-ring (bicyclic) bond motifs is 1. The number of anilines is 1. The maximum Gasteiger partial charge on any atom is 0.338 e. The highest BCUT2D eigenvalue weighted by Crippen LogP contribution is 2.35. The Morgan fingerprint density at radius 1 is 1.00 bits per heavy atom. The summed E-state index contributed by atoms with van der Waals surface area (Å²) in [5.41, 5.74) is 1.89. The van der Waals surface area contributed by atoms with Gasteiger partial charge in [-0.15, -0.1) is 0 Å². The number of esters is 1. The van der Waals surface area contributed by atoms with E-state index in [1.807, 2.05) is 6.92 Å². The highest BCUT2D eigenvalue weighted by atomic mass is 19.2. The average molecular weight is 465 g/mol. The highest BCUT2D eigenvalue weighted by molar-refractivity contribution is 6.13. The van der Waals surface area contributed by atoms with E-state index >= 15 is 0 Å². The molecule has 0 fully saturated rings. The van der Waals surface area contributed by atoms with Gasteiger partial charge in [0.2, 0.25) is 0 Å². The van der Waals surface area contributed by atoms with Gasteiger partial charge < -0.3 is 14.7 Å². The van der Waals surface area contributed by atoms with Crippen molar-refractivity contribution < 1.29 is 33.0 Å². The molecule has 0 saturated carbocycles. The molecule has 1 aliphatic rings. The lowest BCUT2D eigenvalue weighted by atomic mass is 10.0. The third-order valence-electron chi connectivity index (χ3n) is 5.65. The fraction of sp³-hybridized carbons (Fsp3) is 0.192. The third-order valence-corrected chi connectivity index (χ3v) is 5.65. The molecule has 0 spiro atoms. The van der Waals surface area contributed by atoms with Crippen molar-refractivity contribution in [3.63, 3.8) is 0 Å². The first-order chi connectivity index (χ1) is 16.3. The average Bonchev–Trinajstić information content (AvgIpc) is 3.16. The Morgan fingerprint density at radius 2 is 1.74 bits per heavy atom. The summed E-state index contributed by atoms with van der Waals surface area (Å²) in [7, 11) is 0. The van der Waals surface area contributed by atoms with Crippen molar-refractivity contribution in [3.05, 3.63) is 88.5 Å². The fourth-order valence-corrected chi connectivity index (χ4v) is 3.81. The van der Waals surface area contributed by atoms with Crippen molar-refractivity contribution in [1.82, 2.24) is 0 Å². The molecule has 1 aliphatic heterocycles. The number of carboxylic acids is 1. The van der Waals surface area contributed by atoms with Crippen LogP contribution in [0.25, 0.3) is 11.1 Å². The fourth-order valence-electron chi connectivity index (χ4n) is 3.81. The summed E-state index contributed by atoms with van der Waals surface area (Å²) in [4.78, 5) is 38.7. The molecule has 0 atom stereocenters. The smallest absolute Gasteiger partial charge is 0.338 e. The number of rotatable bonds is 7. The number of hydrogen-bond acceptors (Lipinski definition) is 4. The topological polar surface area (TPSA) is 83.9 Å². The number of ether oxygens (including phenoxy) is 1. The first-order valence-corrected chi connectivity index (χ1v) is 10.7. The van der Waals surface area contributed by atoms with Gasteiger partial charge in [-0.3, -0.25) is 4.79 Å². The molecule has 0 aliphatic carbocycles. The minimum atomic E-state index is -1.24. The van der Waals surface area contributed by atoms with Gasteiger partial charge in [0, 0.05) is 5.56 Å². The van der Waals surface area contributed by atoms with Gasteiger partial charge in [0.15, 0.2) is 11.6 Å². The van der Waals surface area contributed by atoms with E-state index in [2.05, 4.69) is 0 Å². The Hall–Kier alpha value is -4.07. The lowest BCUT2D eigenvalue weighted by Crippen LogP contribution is -2.25. The second-order valence-corrected chi connectivity index (χ2v) is 7.92. The van der Waals surface area contributed by atoms with Crippen LogP contribution in [0, 0.1) is 11.6 Å². The van der Waals surface area contributed by atoms with E-state index in [0.717, 1.165) is 25.0 Å². The molecule has 1 N–H and O–H groups in total. The van der Waals surface area contributed by atoms with Crippen LogP contribution in [0.3, 0.4) is 0 Å². The number of nitrogens with zero attached hydrogens (tertiary/aromatic N) is 1. The molecule has 0 unspecified atom stereocenters. The normalized spacial score (nSPS) is 12.6. The Balaban J connectivity index is 1.69. The first kappa shape index (κ1) is 23.1. The van der Waals surface area contributed by atoms with E-state index < -0.39 is 29.5 Å². The minimum Gasteiger partial charge on any atom is -0.478 e. The van der Waals surface area contributed by atoms with Crippen LogP contribution in [0.2, 0.25) is 0 Å². The predicted molar refractivity (Wildman–Crippen MR) is 121 cm³/mol. The van der Waals surface area contributed by atoms with E-state index in [9.17, 15) is 28.3 Å². The number of amides is 1. The third kappa shape index (κ3) is 4.39. The van der Waals surface area contributed by atoms with Crippen molar-refractivity contribution in [3.8, 4) is 11.1 Å². The maximum absolute atomic E-state index is 13.7. The summed E-state index contributed by atoms with van der Waals surface area (Å²) in [6.45, 7) is 2.36. The summed E-state index contributed by atoms with van der Waals surface area (Å²) in [6, 6.07) is 12.3. The number of halogens is 2. The lowest BCUT2D eigenvalue weighted by molar-refractivity contribution is 0.0499. The van der Waals surface area contributed by atoms with Crippen LogP contribution in [-0.2, 0) is 11.3 Å². The Morgan fingerprint density at radius 3 is 2.44 bits per heavy atom. The lowest BCUT2D eigenvalue weighted by Gasteiger charge is -2.19. The summed E-state index contributed by atoms with van der Waals surface area (Å²) >= 11 is 0. The van der Waals surface area contributed by atoms with E-state index in [4.69, 9.17) is 4.74 Å². The van der Waals surface area contributed by atoms with Gasteiger partial charge in [0.1, 0.15) is 0 Å². The summed E-state index contributed by atoms with van der Waals surface area (Å²) in [5.74, 6) is -4.28. The summed E-state index contributed by atoms with van der Waals surface area (Å²) in [6.07, 6.45) is 1.61. The van der Waals surface area contributed by atoms with Gasteiger partial charge in [-0.05, 0) is 59.5 Å². The number of carbonyl (C=O) groups is 3. The van der Waals surface area contributed by atoms with E-state index in [-0.39, 0.29) is 35.5 Å². The van der Waals surface area contributed by atoms with Crippen molar-refractivity contribution in [1.29, 1.82) is 0 Å². The van der Waals surface area contributed by atoms with Crippen LogP contribution < -0.4 is 4.90 Å². The van der Waals surface area contributed by atoms with Gasteiger partial charge in [0.05, 0.1) is 30.0 Å². The maximum atomic E-state index is 13.7. The second-order valence-electron chi connectivity index (χ2n) is 7.92. The standard InChI is InChI=1S/C26H21F2NO5/c1-2-3-10-34-26(33)17-4-5-18-14-29(24(30)20(18)11-17)23-13-16(6-8-19(23)25(31)32)15-7-9-21(27)22(28)12-15/h4-9,11-13H,2-3,10,14H2,1H3,(H,31,32). The zero-order valence-electron chi connectivity index (χ0n) is 18.3. The van der Waals surface area contributed by atoms with E-state index in [1.54, 1.807) is 12.1 Å². The largest absolute Gasteiger partial charge is 0.478 e. The van der Waals surface area contributed by atoms with Crippen molar-refractivity contribution in [2.75, 3.05) is 11.5 Å². The molecule has 1 heterocycles. The number of aromatic carboxylic acids is 1. The van der Waals surface area contributed by atoms with Gasteiger partial charge >= 0.3 is 11.9 Å². The van der Waals surface area contributed by atoms with Crippen LogP contribution in [-0.4, -0.2) is 29.6 Å². The van der Waals surface area contributed by atoms with Gasteiger partial charge in [0.25, 0.3) is 5.91 Å². The SMILES string of the molecule is CCCCOC(=O)c1ccc2c(c1)C(=O)N(c1cc(-c3ccc(F)c(F)c3)ccc1C(=O)O)C2. The molecular formula is C26H21F2NO5. The van der Waals surface area contributed by atoms with Gasteiger partial charge in [-0.25, -0.2) is 18.4 Å². The molecule has 34 heavy (non-hydrogen) atoms. The first-order valence-electron chi connectivity index (χ1n) is 10.7. The zero-order chi connectivity index (χ0) is 24.4. The molecule has 6 nitrogen and oxygen atoms in total. The molecular weight excluding hydrogens is 444 g/mol. The van der Waals surface area contributed by atoms with Gasteiger partial charge in [-0.2, -0.15) is 0 Å². The Bertz CT molecular complexity index is 1300. The van der Waals surface area contributed by atoms with Crippen LogP contribution >= 0.6 is 0 Å². The molecule has 0 radical (unpaired) electrons. The zero-order valence-corrected chi connectivity index (χ0v) is 18.3. The molecule has 0 aromatic heterocycles. The Labute approximate surface area is 194 Å². The number of benzene rings is 3. The second kappa shape index (κ2) is 9.43. The molecule has 4 rings (SSSR count). The quantitative estimate of drug-likeness (QED) is 0.371. The molecule has 1 amide bonds. The van der Waals surface area contributed by atoms with Crippen molar-refractivity contribution in [2.45, 2.75) is 26.3 Å². The number of unbranched alkanes of at least 4 members (excludes halogenated alkanes) is 1. The molecule has 0 bridgehead atoms. The number of carboxylic acid groups (broad SMARTS) is 1. The highest BCUT2D eigenvalue weighted by Gasteiger charge is 2.32. The van der Waals surface area contributed by atoms with E-state index in [1.165, 1.54) is 35.2 Å². The van der Waals surface area contributed by atoms with Crippen LogP contribution in [0.4, 0.5) is 14.5 Å². The molecule has 0 saturated heterocycles. The van der Waals surface area contributed by atoms with Crippen LogP contribution in [0.1, 0.15) is 56.4 Å².